The van der Waals surface area contributed by atoms with Gasteiger partial charge in [-0.15, -0.1) is 5.10 Å². The molecule has 1 aliphatic heterocycles. The van der Waals surface area contributed by atoms with Gasteiger partial charge in [0.15, 0.2) is 11.2 Å². The van der Waals surface area contributed by atoms with Crippen LogP contribution in [0.2, 0.25) is 0 Å². The maximum absolute atomic E-state index is 12.8. The summed E-state index contributed by atoms with van der Waals surface area (Å²) in [5.74, 6) is 1.66. The highest BCUT2D eigenvalue weighted by Crippen LogP contribution is 2.29. The van der Waals surface area contributed by atoms with Gasteiger partial charge in [-0.3, -0.25) is 9.59 Å². The van der Waals surface area contributed by atoms with Crippen molar-refractivity contribution in [3.05, 3.63) is 52.1 Å². The van der Waals surface area contributed by atoms with Gasteiger partial charge < -0.3 is 9.88 Å². The molecule has 1 saturated carbocycles. The minimum Gasteiger partial charge on any atom is -0.343 e. The molecule has 2 aromatic heterocycles. The zero-order valence-corrected chi connectivity index (χ0v) is 18.4. The molecule has 32 heavy (non-hydrogen) atoms. The Bertz CT molecular complexity index is 1120. The van der Waals surface area contributed by atoms with Gasteiger partial charge in [-0.1, -0.05) is 54.8 Å². The number of carbonyl (C=O) groups is 1. The third-order valence-electron chi connectivity index (χ3n) is 6.99. The molecular formula is C24H30N6O2. The molecule has 0 atom stereocenters. The number of nitrogens with one attached hydrogen (secondary N) is 1. The largest absolute Gasteiger partial charge is 0.343 e. The van der Waals surface area contributed by atoms with Crippen LogP contribution in [0.1, 0.15) is 68.7 Å². The zero-order valence-electron chi connectivity index (χ0n) is 18.4. The summed E-state index contributed by atoms with van der Waals surface area (Å²) >= 11 is 0. The number of piperidine rings is 1. The lowest BCUT2D eigenvalue weighted by Gasteiger charge is -2.33. The lowest BCUT2D eigenvalue weighted by Crippen LogP contribution is -2.39. The highest BCUT2D eigenvalue weighted by Gasteiger charge is 2.28. The van der Waals surface area contributed by atoms with Crippen molar-refractivity contribution in [2.45, 2.75) is 63.8 Å². The Balaban J connectivity index is 1.27. The van der Waals surface area contributed by atoms with Crippen LogP contribution in [0, 0.1) is 5.92 Å². The number of benzene rings is 1. The van der Waals surface area contributed by atoms with Gasteiger partial charge in [0.2, 0.25) is 5.91 Å². The number of aromatic nitrogens is 5. The molecule has 5 rings (SSSR count). The summed E-state index contributed by atoms with van der Waals surface area (Å²) in [4.78, 5) is 35.1. The standard InChI is InChI=1S/C24H30N6O2/c31-20(15-17-7-3-1-4-8-17)29-13-11-19(12-14-29)22-25-23-21(24(32)26-22)27-28-30(23)16-18-9-5-2-6-10-18/h2,5-6,9-10,17,19H,1,3-4,7-8,11-16H2,(H,25,26,32). The molecule has 168 valence electrons. The van der Waals surface area contributed by atoms with E-state index in [4.69, 9.17) is 4.98 Å². The van der Waals surface area contributed by atoms with Crippen molar-refractivity contribution >= 4 is 17.1 Å². The number of rotatable bonds is 5. The van der Waals surface area contributed by atoms with Crippen LogP contribution in [0.5, 0.6) is 0 Å². The van der Waals surface area contributed by atoms with Gasteiger partial charge in [-0.05, 0) is 37.2 Å². The van der Waals surface area contributed by atoms with Crippen molar-refractivity contribution in [1.82, 2.24) is 29.9 Å². The molecule has 2 fully saturated rings. The highest BCUT2D eigenvalue weighted by atomic mass is 16.2. The number of likely N-dealkylation sites (tertiary alicyclic amines) is 1. The van der Waals surface area contributed by atoms with E-state index in [9.17, 15) is 9.59 Å². The van der Waals surface area contributed by atoms with E-state index in [1.807, 2.05) is 35.2 Å². The molecule has 0 radical (unpaired) electrons. The van der Waals surface area contributed by atoms with Crippen molar-refractivity contribution in [3.63, 3.8) is 0 Å². The van der Waals surface area contributed by atoms with Gasteiger partial charge in [-0.25, -0.2) is 9.67 Å². The first kappa shape index (κ1) is 20.8. The summed E-state index contributed by atoms with van der Waals surface area (Å²) < 4.78 is 1.69. The summed E-state index contributed by atoms with van der Waals surface area (Å²) in [6.07, 6.45) is 8.53. The lowest BCUT2D eigenvalue weighted by molar-refractivity contribution is -0.133. The average Bonchev–Trinajstić information content (AvgIpc) is 3.23. The molecule has 1 N–H and O–H groups in total. The van der Waals surface area contributed by atoms with Crippen LogP contribution in [-0.4, -0.2) is 48.9 Å². The fraction of sp³-hybridized carbons (Fsp3) is 0.542. The minimum absolute atomic E-state index is 0.130. The number of carbonyl (C=O) groups excluding carboxylic acids is 1. The van der Waals surface area contributed by atoms with E-state index in [1.165, 1.54) is 32.1 Å². The molecule has 3 aromatic rings. The Kier molecular flexibility index (Phi) is 6.01. The number of fused-ring (bicyclic) bond motifs is 1. The third kappa shape index (κ3) is 4.45. The van der Waals surface area contributed by atoms with Gasteiger partial charge >= 0.3 is 0 Å². The summed E-state index contributed by atoms with van der Waals surface area (Å²) in [5.41, 5.74) is 1.61. The lowest BCUT2D eigenvalue weighted by atomic mass is 9.86. The van der Waals surface area contributed by atoms with E-state index >= 15 is 0 Å². The van der Waals surface area contributed by atoms with Crippen LogP contribution in [0.4, 0.5) is 0 Å². The normalized spacial score (nSPS) is 18.3. The Morgan fingerprint density at radius 3 is 2.53 bits per heavy atom. The second kappa shape index (κ2) is 9.22. The molecular weight excluding hydrogens is 404 g/mol. The minimum atomic E-state index is -0.250. The Hall–Kier alpha value is -3.03. The zero-order chi connectivity index (χ0) is 21.9. The van der Waals surface area contributed by atoms with Crippen molar-refractivity contribution < 1.29 is 4.79 Å². The molecule has 1 aromatic carbocycles. The number of H-pyrrole nitrogens is 1. The summed E-state index contributed by atoms with van der Waals surface area (Å²) in [7, 11) is 0. The Morgan fingerprint density at radius 1 is 1.03 bits per heavy atom. The third-order valence-corrected chi connectivity index (χ3v) is 6.99. The molecule has 2 aliphatic rings. The van der Waals surface area contributed by atoms with E-state index in [0.717, 1.165) is 31.5 Å². The average molecular weight is 435 g/mol. The van der Waals surface area contributed by atoms with E-state index in [0.29, 0.717) is 30.4 Å². The quantitative estimate of drug-likeness (QED) is 0.665. The number of hydrogen-bond acceptors (Lipinski definition) is 5. The second-order valence-corrected chi connectivity index (χ2v) is 9.22. The molecule has 0 spiro atoms. The predicted molar refractivity (Wildman–Crippen MR) is 121 cm³/mol. The van der Waals surface area contributed by atoms with Gasteiger partial charge in [0.1, 0.15) is 5.82 Å². The summed E-state index contributed by atoms with van der Waals surface area (Å²) in [6.45, 7) is 1.96. The maximum Gasteiger partial charge on any atom is 0.281 e. The smallest absolute Gasteiger partial charge is 0.281 e. The molecule has 1 aliphatic carbocycles. The van der Waals surface area contributed by atoms with Crippen LogP contribution >= 0.6 is 0 Å². The Labute approximate surface area is 187 Å². The summed E-state index contributed by atoms with van der Waals surface area (Å²) in [6, 6.07) is 9.95. The fourth-order valence-electron chi connectivity index (χ4n) is 5.11. The van der Waals surface area contributed by atoms with Crippen LogP contribution in [0.15, 0.2) is 35.1 Å². The van der Waals surface area contributed by atoms with E-state index in [1.54, 1.807) is 4.68 Å². The van der Waals surface area contributed by atoms with E-state index < -0.39 is 0 Å². The number of amides is 1. The molecule has 0 bridgehead atoms. The van der Waals surface area contributed by atoms with Crippen LogP contribution in [0.3, 0.4) is 0 Å². The number of nitrogens with zero attached hydrogens (tertiary/aromatic N) is 5. The molecule has 3 heterocycles. The first-order valence-electron chi connectivity index (χ1n) is 11.8. The number of aromatic amines is 1. The van der Waals surface area contributed by atoms with E-state index in [2.05, 4.69) is 15.3 Å². The predicted octanol–water partition coefficient (Wildman–Crippen LogP) is 3.24. The van der Waals surface area contributed by atoms with E-state index in [-0.39, 0.29) is 22.9 Å². The monoisotopic (exact) mass is 434 g/mol. The van der Waals surface area contributed by atoms with Crippen LogP contribution < -0.4 is 5.56 Å². The Morgan fingerprint density at radius 2 is 1.78 bits per heavy atom. The fourth-order valence-corrected chi connectivity index (χ4v) is 5.11. The van der Waals surface area contributed by atoms with Crippen molar-refractivity contribution in [1.29, 1.82) is 0 Å². The number of hydrogen-bond donors (Lipinski definition) is 1. The van der Waals surface area contributed by atoms with Crippen molar-refractivity contribution in [2.24, 2.45) is 5.92 Å². The summed E-state index contributed by atoms with van der Waals surface area (Å²) in [5, 5.41) is 8.20. The van der Waals surface area contributed by atoms with Crippen molar-refractivity contribution in [3.8, 4) is 0 Å². The first-order valence-corrected chi connectivity index (χ1v) is 11.8. The SMILES string of the molecule is O=C(CC1CCCCC1)N1CCC(c2nc3c(nnn3Cc3ccccc3)c(=O)[nH]2)CC1. The van der Waals surface area contributed by atoms with Gasteiger partial charge in [0.05, 0.1) is 6.54 Å². The van der Waals surface area contributed by atoms with Gasteiger partial charge in [0.25, 0.3) is 5.56 Å². The topological polar surface area (TPSA) is 96.8 Å². The van der Waals surface area contributed by atoms with Crippen LogP contribution in [-0.2, 0) is 11.3 Å². The molecule has 0 unspecified atom stereocenters. The van der Waals surface area contributed by atoms with Crippen molar-refractivity contribution in [2.75, 3.05) is 13.1 Å². The molecule has 1 amide bonds. The molecule has 8 nitrogen and oxygen atoms in total. The van der Waals surface area contributed by atoms with Crippen LogP contribution in [0.25, 0.3) is 11.2 Å². The first-order chi connectivity index (χ1) is 15.7. The molecule has 1 saturated heterocycles. The maximum atomic E-state index is 12.8. The second-order valence-electron chi connectivity index (χ2n) is 9.22. The van der Waals surface area contributed by atoms with Gasteiger partial charge in [-0.2, -0.15) is 0 Å². The van der Waals surface area contributed by atoms with Gasteiger partial charge in [0, 0.05) is 25.4 Å². The highest BCUT2D eigenvalue weighted by molar-refractivity contribution is 5.76. The molecule has 8 heteroatoms.